The van der Waals surface area contributed by atoms with Gasteiger partial charge in [0.15, 0.2) is 18.1 Å². The van der Waals surface area contributed by atoms with Crippen LogP contribution < -0.4 is 14.8 Å². The molecule has 2 aromatic carbocycles. The number of oxime groups is 1. The summed E-state index contributed by atoms with van der Waals surface area (Å²) < 4.78 is 10.4. The van der Waals surface area contributed by atoms with Crippen molar-refractivity contribution in [1.29, 1.82) is 0 Å². The number of nitrogens with zero attached hydrogens (tertiary/aromatic N) is 1. The van der Waals surface area contributed by atoms with Crippen LogP contribution in [0, 0.1) is 0 Å². The van der Waals surface area contributed by atoms with Crippen molar-refractivity contribution in [2.45, 2.75) is 6.54 Å². The smallest absolute Gasteiger partial charge is 0.261 e. The number of ether oxygens (including phenoxy) is 2. The molecule has 0 saturated heterocycles. The van der Waals surface area contributed by atoms with Crippen molar-refractivity contribution in [1.82, 2.24) is 5.32 Å². The number of hydrogen-bond acceptors (Lipinski definition) is 5. The molecule has 0 aliphatic heterocycles. The highest BCUT2D eigenvalue weighted by molar-refractivity contribution is 6.35. The van der Waals surface area contributed by atoms with Gasteiger partial charge in [-0.15, -0.1) is 0 Å². The highest BCUT2D eigenvalue weighted by Crippen LogP contribution is 2.35. The molecule has 0 saturated carbocycles. The van der Waals surface area contributed by atoms with E-state index in [4.69, 9.17) is 49.1 Å². The lowest BCUT2D eigenvalue weighted by Crippen LogP contribution is -2.26. The molecule has 0 aromatic heterocycles. The Kier molecular flexibility index (Phi) is 8.03. The average Bonchev–Trinajstić information content (AvgIpc) is 2.64. The molecule has 1 amide bonds. The highest BCUT2D eigenvalue weighted by atomic mass is 35.5. The maximum atomic E-state index is 11.8. The molecule has 0 radical (unpaired) electrons. The summed E-state index contributed by atoms with van der Waals surface area (Å²) >= 11 is 18.0. The minimum absolute atomic E-state index is 0.247. The van der Waals surface area contributed by atoms with Crippen LogP contribution in [0.25, 0.3) is 0 Å². The zero-order valence-corrected chi connectivity index (χ0v) is 16.9. The lowest BCUT2D eigenvalue weighted by atomic mass is 10.2. The number of nitrogens with one attached hydrogen (secondary N) is 1. The fraction of sp³-hybridized carbons (Fsp3) is 0.222. The Hall–Kier alpha value is -2.15. The molecule has 0 atom stereocenters. The largest absolute Gasteiger partial charge is 0.493 e. The zero-order valence-electron chi connectivity index (χ0n) is 14.6. The van der Waals surface area contributed by atoms with Gasteiger partial charge in [0.25, 0.3) is 5.91 Å². The standard InChI is InChI=1S/C18H17Cl3N2O4/c1-25-16-6-11(5-15(21)18(16)26-2)8-23-27-10-17(24)22-9-12-3-4-13(19)7-14(12)20/h3-8H,9-10H2,1-2H3,(H,22,24)/b23-8+. The highest BCUT2D eigenvalue weighted by Gasteiger charge is 2.10. The predicted octanol–water partition coefficient (Wildman–Crippen LogP) is 4.33. The van der Waals surface area contributed by atoms with Gasteiger partial charge in [0.1, 0.15) is 0 Å². The molecule has 0 spiro atoms. The Morgan fingerprint density at radius 1 is 1.11 bits per heavy atom. The lowest BCUT2D eigenvalue weighted by Gasteiger charge is -2.09. The number of carbonyl (C=O) groups excluding carboxylic acids is 1. The van der Waals surface area contributed by atoms with E-state index in [1.807, 2.05) is 0 Å². The van der Waals surface area contributed by atoms with Gasteiger partial charge in [-0.05, 0) is 29.8 Å². The Labute approximate surface area is 171 Å². The summed E-state index contributed by atoms with van der Waals surface area (Å²) in [4.78, 5) is 16.8. The van der Waals surface area contributed by atoms with E-state index >= 15 is 0 Å². The third kappa shape index (κ3) is 6.20. The first-order valence-corrected chi connectivity index (χ1v) is 8.85. The molecule has 2 aromatic rings. The Bertz CT molecular complexity index is 844. The van der Waals surface area contributed by atoms with E-state index in [9.17, 15) is 4.79 Å². The van der Waals surface area contributed by atoms with E-state index in [0.717, 1.165) is 5.56 Å². The molecule has 0 unspecified atom stereocenters. The van der Waals surface area contributed by atoms with Crippen molar-refractivity contribution in [3.63, 3.8) is 0 Å². The summed E-state index contributed by atoms with van der Waals surface area (Å²) in [6.45, 7) is 0.00985. The van der Waals surface area contributed by atoms with Gasteiger partial charge in [0, 0.05) is 22.2 Å². The molecule has 1 N–H and O–H groups in total. The number of hydrogen-bond donors (Lipinski definition) is 1. The number of rotatable bonds is 8. The second-order valence-corrected chi connectivity index (χ2v) is 6.51. The van der Waals surface area contributed by atoms with Crippen molar-refractivity contribution in [2.75, 3.05) is 20.8 Å². The molecule has 0 fully saturated rings. The molecule has 0 aliphatic carbocycles. The lowest BCUT2D eigenvalue weighted by molar-refractivity contribution is -0.125. The topological polar surface area (TPSA) is 69.2 Å². The maximum absolute atomic E-state index is 11.8. The van der Waals surface area contributed by atoms with E-state index in [1.165, 1.54) is 20.4 Å². The number of benzene rings is 2. The van der Waals surface area contributed by atoms with Gasteiger partial charge in [-0.25, -0.2) is 0 Å². The monoisotopic (exact) mass is 430 g/mol. The molecule has 9 heteroatoms. The summed E-state index contributed by atoms with van der Waals surface area (Å²) in [5.74, 6) is 0.546. The van der Waals surface area contributed by atoms with Crippen LogP contribution >= 0.6 is 34.8 Å². The first kappa shape index (κ1) is 21.2. The molecule has 0 bridgehead atoms. The van der Waals surface area contributed by atoms with Gasteiger partial charge in [-0.3, -0.25) is 4.79 Å². The SMILES string of the molecule is COc1cc(/C=N/OCC(=O)NCc2ccc(Cl)cc2Cl)cc(Cl)c1OC. The quantitative estimate of drug-likeness (QED) is 0.499. The van der Waals surface area contributed by atoms with E-state index in [0.29, 0.717) is 32.1 Å². The van der Waals surface area contributed by atoms with E-state index in [1.54, 1.807) is 30.3 Å². The first-order chi connectivity index (χ1) is 12.9. The number of carbonyl (C=O) groups is 1. The Morgan fingerprint density at radius 2 is 1.89 bits per heavy atom. The van der Waals surface area contributed by atoms with Crippen molar-refractivity contribution >= 4 is 46.9 Å². The zero-order chi connectivity index (χ0) is 19.8. The molecular formula is C18H17Cl3N2O4. The minimum atomic E-state index is -0.344. The van der Waals surface area contributed by atoms with Crippen molar-refractivity contribution < 1.29 is 19.1 Å². The summed E-state index contributed by atoms with van der Waals surface area (Å²) in [7, 11) is 3.00. The maximum Gasteiger partial charge on any atom is 0.261 e. The first-order valence-electron chi connectivity index (χ1n) is 7.72. The van der Waals surface area contributed by atoms with E-state index in [-0.39, 0.29) is 19.1 Å². The summed E-state index contributed by atoms with van der Waals surface area (Å²) in [6.07, 6.45) is 1.41. The van der Waals surface area contributed by atoms with Crippen LogP contribution in [0.5, 0.6) is 11.5 Å². The van der Waals surface area contributed by atoms with Crippen LogP contribution in [0.3, 0.4) is 0 Å². The van der Waals surface area contributed by atoms with E-state index < -0.39 is 0 Å². The third-order valence-electron chi connectivity index (χ3n) is 3.42. The summed E-state index contributed by atoms with van der Waals surface area (Å²) in [5, 5.41) is 7.81. The van der Waals surface area contributed by atoms with Crippen LogP contribution in [0.4, 0.5) is 0 Å². The number of methoxy groups -OCH3 is 2. The van der Waals surface area contributed by atoms with Crippen molar-refractivity contribution in [3.8, 4) is 11.5 Å². The Morgan fingerprint density at radius 3 is 2.56 bits per heavy atom. The van der Waals surface area contributed by atoms with Crippen LogP contribution in [0.15, 0.2) is 35.5 Å². The third-order valence-corrected chi connectivity index (χ3v) is 4.29. The number of halogens is 3. The van der Waals surface area contributed by atoms with Gasteiger partial charge in [-0.1, -0.05) is 46.0 Å². The van der Waals surface area contributed by atoms with Crippen LogP contribution in [-0.2, 0) is 16.2 Å². The van der Waals surface area contributed by atoms with Crippen molar-refractivity contribution in [2.24, 2.45) is 5.16 Å². The predicted molar refractivity (Wildman–Crippen MR) is 106 cm³/mol. The molecule has 0 aliphatic rings. The van der Waals surface area contributed by atoms with Gasteiger partial charge in [0.2, 0.25) is 0 Å². The molecule has 144 valence electrons. The molecule has 2 rings (SSSR count). The molecule has 6 nitrogen and oxygen atoms in total. The van der Waals surface area contributed by atoms with Gasteiger partial charge in [-0.2, -0.15) is 0 Å². The number of amides is 1. The van der Waals surface area contributed by atoms with Crippen LogP contribution in [-0.4, -0.2) is 32.9 Å². The molecule has 0 heterocycles. The minimum Gasteiger partial charge on any atom is -0.493 e. The van der Waals surface area contributed by atoms with Gasteiger partial charge >= 0.3 is 0 Å². The fourth-order valence-electron chi connectivity index (χ4n) is 2.12. The summed E-state index contributed by atoms with van der Waals surface area (Å²) in [5.41, 5.74) is 1.38. The molecule has 27 heavy (non-hydrogen) atoms. The second kappa shape index (κ2) is 10.3. The van der Waals surface area contributed by atoms with Gasteiger partial charge in [0.05, 0.1) is 25.5 Å². The Balaban J connectivity index is 1.85. The van der Waals surface area contributed by atoms with E-state index in [2.05, 4.69) is 10.5 Å². The summed E-state index contributed by atoms with van der Waals surface area (Å²) in [6, 6.07) is 8.37. The normalized spacial score (nSPS) is 10.7. The molecular weight excluding hydrogens is 415 g/mol. The van der Waals surface area contributed by atoms with Crippen molar-refractivity contribution in [3.05, 3.63) is 56.5 Å². The van der Waals surface area contributed by atoms with Gasteiger partial charge < -0.3 is 19.6 Å². The van der Waals surface area contributed by atoms with Crippen LogP contribution in [0.2, 0.25) is 15.1 Å². The fourth-order valence-corrected chi connectivity index (χ4v) is 2.89. The van der Waals surface area contributed by atoms with Crippen LogP contribution in [0.1, 0.15) is 11.1 Å². The second-order valence-electron chi connectivity index (χ2n) is 5.26. The average molecular weight is 432 g/mol.